The summed E-state index contributed by atoms with van der Waals surface area (Å²) in [6.45, 7) is 1.43. The third-order valence-electron chi connectivity index (χ3n) is 5.13. The fourth-order valence-corrected chi connectivity index (χ4v) is 3.48. The average Bonchev–Trinajstić information content (AvgIpc) is 2.81. The van der Waals surface area contributed by atoms with E-state index in [1.54, 1.807) is 36.4 Å². The number of H-pyrrole nitrogens is 1. The number of carbonyl (C=O) groups is 2. The quantitative estimate of drug-likeness (QED) is 0.650. The lowest BCUT2D eigenvalue weighted by molar-refractivity contribution is 0.0741. The number of anilines is 1. The largest absolute Gasteiger partial charge is 0.352 e. The van der Waals surface area contributed by atoms with Crippen molar-refractivity contribution < 1.29 is 18.4 Å². The van der Waals surface area contributed by atoms with Gasteiger partial charge in [-0.1, -0.05) is 30.3 Å². The molecule has 1 aliphatic rings. The summed E-state index contributed by atoms with van der Waals surface area (Å²) in [6, 6.07) is 12.6. The van der Waals surface area contributed by atoms with Crippen molar-refractivity contribution >= 4 is 17.5 Å². The van der Waals surface area contributed by atoms with Crippen LogP contribution in [0.2, 0.25) is 0 Å². The van der Waals surface area contributed by atoms with E-state index in [-0.39, 0.29) is 35.3 Å². The first kappa shape index (κ1) is 20.4. The number of rotatable bonds is 4. The minimum absolute atomic E-state index is 0.177. The van der Waals surface area contributed by atoms with E-state index in [0.29, 0.717) is 18.9 Å². The fraction of sp³-hybridized carbons (Fsp3) is 0.182. The van der Waals surface area contributed by atoms with Gasteiger partial charge in [-0.15, -0.1) is 0 Å². The van der Waals surface area contributed by atoms with E-state index in [2.05, 4.69) is 10.2 Å². The van der Waals surface area contributed by atoms with Crippen molar-refractivity contribution in [1.29, 1.82) is 0 Å². The molecule has 31 heavy (non-hydrogen) atoms. The Morgan fingerprint density at radius 1 is 0.871 bits per heavy atom. The summed E-state index contributed by atoms with van der Waals surface area (Å²) in [6.07, 6.45) is 0. The first-order valence-corrected chi connectivity index (χ1v) is 9.63. The molecule has 0 radical (unpaired) electrons. The van der Waals surface area contributed by atoms with Gasteiger partial charge >= 0.3 is 0 Å². The third-order valence-corrected chi connectivity index (χ3v) is 5.13. The monoisotopic (exact) mass is 424 g/mol. The van der Waals surface area contributed by atoms with Crippen molar-refractivity contribution in [3.05, 3.63) is 93.3 Å². The van der Waals surface area contributed by atoms with Gasteiger partial charge in [0, 0.05) is 43.4 Å². The Balaban J connectivity index is 1.57. The first-order chi connectivity index (χ1) is 14.9. The number of aromatic amines is 1. The Morgan fingerprint density at radius 2 is 1.52 bits per heavy atom. The van der Waals surface area contributed by atoms with Gasteiger partial charge in [-0.25, -0.2) is 13.9 Å². The Kier molecular flexibility index (Phi) is 5.57. The van der Waals surface area contributed by atoms with Crippen molar-refractivity contribution in [3.63, 3.8) is 0 Å². The van der Waals surface area contributed by atoms with E-state index in [1.807, 2.05) is 4.90 Å². The molecule has 0 unspecified atom stereocenters. The van der Waals surface area contributed by atoms with Gasteiger partial charge in [-0.3, -0.25) is 14.4 Å². The van der Waals surface area contributed by atoms with Gasteiger partial charge in [0.25, 0.3) is 11.5 Å². The van der Waals surface area contributed by atoms with Crippen LogP contribution in [0.1, 0.15) is 26.3 Å². The number of piperazine rings is 1. The SMILES string of the molecule is O=C(c1ccccc1)c1cc(F)c(F)cc1C(=O)N1CCN(c2ccc(=O)[nH]n2)CC1. The van der Waals surface area contributed by atoms with Crippen LogP contribution in [0.4, 0.5) is 14.6 Å². The van der Waals surface area contributed by atoms with E-state index in [9.17, 15) is 23.2 Å². The summed E-state index contributed by atoms with van der Waals surface area (Å²) < 4.78 is 27.9. The fourth-order valence-electron chi connectivity index (χ4n) is 3.48. The second-order valence-corrected chi connectivity index (χ2v) is 7.07. The van der Waals surface area contributed by atoms with E-state index in [1.165, 1.54) is 11.0 Å². The Hall–Kier alpha value is -3.88. The van der Waals surface area contributed by atoms with Crippen molar-refractivity contribution in [2.45, 2.75) is 0 Å². The van der Waals surface area contributed by atoms with Crippen molar-refractivity contribution in [1.82, 2.24) is 15.1 Å². The van der Waals surface area contributed by atoms with E-state index < -0.39 is 23.3 Å². The highest BCUT2D eigenvalue weighted by atomic mass is 19.2. The van der Waals surface area contributed by atoms with Crippen LogP contribution in [0, 0.1) is 11.6 Å². The Bertz CT molecular complexity index is 1170. The lowest BCUT2D eigenvalue weighted by atomic mass is 9.97. The van der Waals surface area contributed by atoms with Crippen molar-refractivity contribution in [2.75, 3.05) is 31.1 Å². The standard InChI is InChI=1S/C22H18F2N4O3/c23-17-12-15(21(30)14-4-2-1-3-5-14)16(13-18(17)24)22(31)28-10-8-27(9-11-28)19-6-7-20(29)26-25-19/h1-7,12-13H,8-11H2,(H,26,29). The molecule has 1 amide bonds. The molecule has 1 aromatic heterocycles. The minimum Gasteiger partial charge on any atom is -0.352 e. The number of nitrogens with zero attached hydrogens (tertiary/aromatic N) is 3. The summed E-state index contributed by atoms with van der Waals surface area (Å²) in [5, 5.41) is 6.33. The highest BCUT2D eigenvalue weighted by Gasteiger charge is 2.28. The maximum atomic E-state index is 14.0. The summed E-state index contributed by atoms with van der Waals surface area (Å²) in [5.74, 6) is -2.92. The predicted molar refractivity (Wildman–Crippen MR) is 109 cm³/mol. The highest BCUT2D eigenvalue weighted by Crippen LogP contribution is 2.22. The summed E-state index contributed by atoms with van der Waals surface area (Å²) in [4.78, 5) is 40.5. The van der Waals surface area contributed by atoms with Gasteiger partial charge in [0.1, 0.15) is 5.82 Å². The predicted octanol–water partition coefficient (Wildman–Crippen LogP) is 2.24. The molecular formula is C22H18F2N4O3. The summed E-state index contributed by atoms with van der Waals surface area (Å²) in [5.41, 5.74) is -0.397. The number of benzene rings is 2. The topological polar surface area (TPSA) is 86.4 Å². The number of ketones is 1. The van der Waals surface area contributed by atoms with Crippen LogP contribution >= 0.6 is 0 Å². The third kappa shape index (κ3) is 4.20. The molecule has 2 heterocycles. The minimum atomic E-state index is -1.19. The maximum Gasteiger partial charge on any atom is 0.264 e. The molecule has 158 valence electrons. The molecule has 3 aromatic rings. The van der Waals surface area contributed by atoms with Crippen LogP contribution < -0.4 is 10.5 Å². The molecule has 0 aliphatic carbocycles. The smallest absolute Gasteiger partial charge is 0.264 e. The highest BCUT2D eigenvalue weighted by molar-refractivity contribution is 6.15. The van der Waals surface area contributed by atoms with Crippen LogP contribution in [0.15, 0.2) is 59.4 Å². The second kappa shape index (κ2) is 8.47. The van der Waals surface area contributed by atoms with Gasteiger partial charge in [0.05, 0.1) is 5.56 Å². The molecule has 1 saturated heterocycles. The molecule has 1 N–H and O–H groups in total. The van der Waals surface area contributed by atoms with Gasteiger partial charge in [0.15, 0.2) is 17.4 Å². The number of aromatic nitrogens is 2. The zero-order chi connectivity index (χ0) is 22.0. The lowest BCUT2D eigenvalue weighted by Crippen LogP contribution is -2.49. The van der Waals surface area contributed by atoms with Gasteiger partial charge in [-0.2, -0.15) is 5.10 Å². The maximum absolute atomic E-state index is 14.0. The van der Waals surface area contributed by atoms with Crippen molar-refractivity contribution in [3.8, 4) is 0 Å². The summed E-state index contributed by atoms with van der Waals surface area (Å²) in [7, 11) is 0. The molecule has 1 fully saturated rings. The molecular weight excluding hydrogens is 406 g/mol. The van der Waals surface area contributed by atoms with Gasteiger partial charge in [0.2, 0.25) is 0 Å². The van der Waals surface area contributed by atoms with Crippen LogP contribution in [0.3, 0.4) is 0 Å². The number of carbonyl (C=O) groups excluding carboxylic acids is 2. The molecule has 4 rings (SSSR count). The van der Waals surface area contributed by atoms with Crippen LogP contribution in [-0.4, -0.2) is 53.0 Å². The molecule has 9 heteroatoms. The van der Waals surface area contributed by atoms with E-state index in [0.717, 1.165) is 12.1 Å². The molecule has 2 aromatic carbocycles. The first-order valence-electron chi connectivity index (χ1n) is 9.63. The number of amides is 1. The molecule has 1 aliphatic heterocycles. The average molecular weight is 424 g/mol. The lowest BCUT2D eigenvalue weighted by Gasteiger charge is -2.35. The van der Waals surface area contributed by atoms with Crippen molar-refractivity contribution in [2.24, 2.45) is 0 Å². The number of nitrogens with one attached hydrogen (secondary N) is 1. The zero-order valence-electron chi connectivity index (χ0n) is 16.3. The van der Waals surface area contributed by atoms with Gasteiger partial charge < -0.3 is 9.80 Å². The zero-order valence-corrected chi connectivity index (χ0v) is 16.3. The second-order valence-electron chi connectivity index (χ2n) is 7.07. The van der Waals surface area contributed by atoms with Gasteiger partial charge in [-0.05, 0) is 18.2 Å². The van der Waals surface area contributed by atoms with E-state index in [4.69, 9.17) is 0 Å². The molecule has 0 atom stereocenters. The van der Waals surface area contributed by atoms with Crippen LogP contribution in [0.5, 0.6) is 0 Å². The normalized spacial score (nSPS) is 13.9. The van der Waals surface area contributed by atoms with Crippen LogP contribution in [0.25, 0.3) is 0 Å². The molecule has 0 saturated carbocycles. The molecule has 0 spiro atoms. The number of hydrogen-bond donors (Lipinski definition) is 1. The number of halogens is 2. The van der Waals surface area contributed by atoms with Crippen LogP contribution in [-0.2, 0) is 0 Å². The van der Waals surface area contributed by atoms with E-state index >= 15 is 0 Å². The summed E-state index contributed by atoms with van der Waals surface area (Å²) >= 11 is 0. The molecule has 7 nitrogen and oxygen atoms in total. The number of hydrogen-bond acceptors (Lipinski definition) is 5. The Labute approximate surface area is 175 Å². The Morgan fingerprint density at radius 3 is 2.13 bits per heavy atom. The molecule has 0 bridgehead atoms.